The third-order valence-electron chi connectivity index (χ3n) is 0.957. The van der Waals surface area contributed by atoms with Crippen LogP contribution in [0.3, 0.4) is 0 Å². The second kappa shape index (κ2) is 29.4. The van der Waals surface area contributed by atoms with Gasteiger partial charge in [0, 0.05) is 0 Å². The molecule has 0 bridgehead atoms. The topological polar surface area (TPSA) is 31.5 Å². The minimum atomic E-state index is -0.222. The maximum atomic E-state index is 5.04. The van der Waals surface area contributed by atoms with E-state index in [9.17, 15) is 0 Å². The molecule has 13 heavy (non-hydrogen) atoms. The smallest absolute Gasteiger partial charge is 0.105 e. The van der Waals surface area contributed by atoms with Crippen LogP contribution in [0.15, 0.2) is 0 Å². The Bertz CT molecular complexity index is 43.4. The van der Waals surface area contributed by atoms with Crippen molar-refractivity contribution in [2.24, 2.45) is 0 Å². The Kier molecular flexibility index (Phi) is 52.9. The van der Waals surface area contributed by atoms with Gasteiger partial charge in [-0.25, -0.2) is 0 Å². The van der Waals surface area contributed by atoms with Crippen molar-refractivity contribution < 1.29 is 5.48 Å². The summed E-state index contributed by atoms with van der Waals surface area (Å²) in [5, 5.41) is 0. The molecule has 0 aromatic rings. The van der Waals surface area contributed by atoms with Crippen LogP contribution in [-0.2, 0) is 0 Å². The first-order valence-electron chi connectivity index (χ1n) is 4.93. The molecule has 0 heterocycles. The van der Waals surface area contributed by atoms with E-state index in [1.165, 1.54) is 25.7 Å². The van der Waals surface area contributed by atoms with Gasteiger partial charge in [0.15, 0.2) is 0 Å². The van der Waals surface area contributed by atoms with E-state index in [0.717, 1.165) is 0 Å². The van der Waals surface area contributed by atoms with Gasteiger partial charge in [0.25, 0.3) is 0 Å². The number of halogens is 2. The molecule has 0 aliphatic heterocycles. The van der Waals surface area contributed by atoms with Gasteiger partial charge in [-0.1, -0.05) is 53.4 Å². The van der Waals surface area contributed by atoms with Crippen molar-refractivity contribution >= 4 is 23.2 Å². The second-order valence-corrected chi connectivity index (χ2v) is 3.76. The lowest BCUT2D eigenvalue weighted by Gasteiger charge is -1.86. The van der Waals surface area contributed by atoms with Crippen LogP contribution in [0.2, 0.25) is 0 Å². The molecule has 0 radical (unpaired) electrons. The zero-order valence-corrected chi connectivity index (χ0v) is 11.2. The Labute approximate surface area is 94.1 Å². The van der Waals surface area contributed by atoms with E-state index < -0.39 is 0 Å². The number of rotatable bonds is 3. The molecule has 3 heteroatoms. The van der Waals surface area contributed by atoms with Crippen LogP contribution in [0, 0.1) is 0 Å². The summed E-state index contributed by atoms with van der Waals surface area (Å²) in [7, 11) is 0. The van der Waals surface area contributed by atoms with Crippen molar-refractivity contribution in [3.8, 4) is 0 Å². The van der Waals surface area contributed by atoms with Gasteiger partial charge in [0.05, 0.1) is 0 Å². The molecule has 2 N–H and O–H groups in total. The van der Waals surface area contributed by atoms with Crippen LogP contribution in [0.4, 0.5) is 0 Å². The number of hydrogen-bond acceptors (Lipinski definition) is 0. The van der Waals surface area contributed by atoms with E-state index in [0.29, 0.717) is 0 Å². The van der Waals surface area contributed by atoms with E-state index in [2.05, 4.69) is 13.8 Å². The molecule has 86 valence electrons. The lowest BCUT2D eigenvalue weighted by atomic mass is 10.2. The van der Waals surface area contributed by atoms with Crippen molar-refractivity contribution in [2.45, 2.75) is 65.1 Å². The zero-order valence-electron chi connectivity index (χ0n) is 9.66. The van der Waals surface area contributed by atoms with Crippen LogP contribution < -0.4 is 0 Å². The quantitative estimate of drug-likeness (QED) is 0.504. The average Bonchev–Trinajstić information content (AvgIpc) is 2.04. The molecule has 0 amide bonds. The van der Waals surface area contributed by atoms with Crippen molar-refractivity contribution in [3.63, 3.8) is 0 Å². The van der Waals surface area contributed by atoms with E-state index >= 15 is 0 Å². The van der Waals surface area contributed by atoms with Gasteiger partial charge in [-0.2, -0.15) is 0 Å². The van der Waals surface area contributed by atoms with E-state index in [4.69, 9.17) is 23.2 Å². The average molecular weight is 233 g/mol. The first-order valence-corrected chi connectivity index (χ1v) is 5.80. The highest BCUT2D eigenvalue weighted by molar-refractivity contribution is 6.43. The fourth-order valence-corrected chi connectivity index (χ4v) is 0.500. The maximum Gasteiger partial charge on any atom is 0.105 e. The summed E-state index contributed by atoms with van der Waals surface area (Å²) in [6.07, 6.45) is 5.54. The molecule has 0 spiro atoms. The molecule has 0 aliphatic carbocycles. The molecule has 1 nitrogen and oxygen atoms in total. The summed E-state index contributed by atoms with van der Waals surface area (Å²) in [6.45, 7) is 10.2. The van der Waals surface area contributed by atoms with E-state index in [1.807, 2.05) is 13.8 Å². The maximum absolute atomic E-state index is 5.04. The molecular weight excluding hydrogens is 207 g/mol. The Morgan fingerprint density at radius 3 is 1.15 bits per heavy atom. The molecule has 0 aromatic heterocycles. The van der Waals surface area contributed by atoms with Crippen LogP contribution >= 0.6 is 23.2 Å². The third-order valence-corrected chi connectivity index (χ3v) is 0.957. The lowest BCUT2D eigenvalue weighted by molar-refractivity contribution is 0.702. The fourth-order valence-electron chi connectivity index (χ4n) is 0.500. The highest BCUT2D eigenvalue weighted by Crippen LogP contribution is 1.95. The van der Waals surface area contributed by atoms with Gasteiger partial charge in [0.1, 0.15) is 4.84 Å². The molecule has 0 saturated carbocycles. The zero-order chi connectivity index (χ0) is 10.4. The Balaban J connectivity index is -0.0000000512. The number of alkyl halides is 2. The summed E-state index contributed by atoms with van der Waals surface area (Å²) < 4.78 is 0. The van der Waals surface area contributed by atoms with E-state index in [1.54, 1.807) is 6.92 Å². The van der Waals surface area contributed by atoms with E-state index in [-0.39, 0.29) is 10.3 Å². The second-order valence-electron chi connectivity index (χ2n) is 2.23. The minimum Gasteiger partial charge on any atom is -0.412 e. The van der Waals surface area contributed by atoms with Gasteiger partial charge in [-0.15, -0.1) is 23.2 Å². The van der Waals surface area contributed by atoms with Crippen LogP contribution in [0.25, 0.3) is 0 Å². The van der Waals surface area contributed by atoms with Gasteiger partial charge in [-0.3, -0.25) is 0 Å². The summed E-state index contributed by atoms with van der Waals surface area (Å²) in [5.41, 5.74) is 0. The predicted octanol–water partition coefficient (Wildman–Crippen LogP) is 4.60. The van der Waals surface area contributed by atoms with Gasteiger partial charge < -0.3 is 5.48 Å². The summed E-state index contributed by atoms with van der Waals surface area (Å²) in [6, 6.07) is 0. The lowest BCUT2D eigenvalue weighted by Crippen LogP contribution is -1.66. The molecule has 0 atom stereocenters. The highest BCUT2D eigenvalue weighted by atomic mass is 35.5. The predicted molar refractivity (Wildman–Crippen MR) is 65.9 cm³/mol. The molecule has 0 rings (SSSR count). The molecule has 0 unspecified atom stereocenters. The highest BCUT2D eigenvalue weighted by Gasteiger charge is 1.75. The SMILES string of the molecule is CC.CC(Cl)Cl.CCCCCC.O. The number of hydrogen-bond donors (Lipinski definition) is 0. The first-order chi connectivity index (χ1) is 5.65. The summed E-state index contributed by atoms with van der Waals surface area (Å²) in [4.78, 5) is -0.222. The van der Waals surface area contributed by atoms with Crippen LogP contribution in [0.1, 0.15) is 60.3 Å². The van der Waals surface area contributed by atoms with Crippen molar-refractivity contribution in [1.82, 2.24) is 0 Å². The molecule has 0 aliphatic rings. The van der Waals surface area contributed by atoms with Crippen molar-refractivity contribution in [1.29, 1.82) is 0 Å². The molecular formula is C10H26Cl2O. The largest absolute Gasteiger partial charge is 0.412 e. The van der Waals surface area contributed by atoms with Crippen molar-refractivity contribution in [2.75, 3.05) is 0 Å². The standard InChI is InChI=1S/C6H14.C2H4Cl2.C2H6.H2O/c1-3-5-6-4-2;1-2(3)4;1-2;/h3-6H2,1-2H3;2H,1H3;1-2H3;1H2. The Morgan fingerprint density at radius 2 is 1.08 bits per heavy atom. The Morgan fingerprint density at radius 1 is 0.923 bits per heavy atom. The molecule has 0 aromatic carbocycles. The summed E-state index contributed by atoms with van der Waals surface area (Å²) in [5.74, 6) is 0. The summed E-state index contributed by atoms with van der Waals surface area (Å²) >= 11 is 10.1. The van der Waals surface area contributed by atoms with Gasteiger partial charge in [0.2, 0.25) is 0 Å². The minimum absolute atomic E-state index is 0. The van der Waals surface area contributed by atoms with Gasteiger partial charge in [-0.05, 0) is 6.92 Å². The van der Waals surface area contributed by atoms with Gasteiger partial charge >= 0.3 is 0 Å². The third kappa shape index (κ3) is 111. The van der Waals surface area contributed by atoms with Crippen LogP contribution in [-0.4, -0.2) is 10.3 Å². The first kappa shape index (κ1) is 23.4. The van der Waals surface area contributed by atoms with Crippen molar-refractivity contribution in [3.05, 3.63) is 0 Å². The molecule has 0 fully saturated rings. The Hall–Kier alpha value is 0.540. The number of unbranched alkanes of at least 4 members (excludes halogenated alkanes) is 3. The normalized spacial score (nSPS) is 7.38. The monoisotopic (exact) mass is 232 g/mol. The molecule has 0 saturated heterocycles. The fraction of sp³-hybridized carbons (Fsp3) is 1.00. The van der Waals surface area contributed by atoms with Crippen LogP contribution in [0.5, 0.6) is 0 Å².